The van der Waals surface area contributed by atoms with Crippen LogP contribution >= 0.6 is 0 Å². The SMILES string of the molecule is O=C(/C=C/c1cc2c(cc1[N+](=O)[O-])OCO2)NCCc1ccccn1. The number of fused-ring (bicyclic) bond motifs is 1. The first-order valence-corrected chi connectivity index (χ1v) is 7.57. The first kappa shape index (κ1) is 16.4. The van der Waals surface area contributed by atoms with E-state index in [0.29, 0.717) is 24.5 Å². The Balaban J connectivity index is 1.63. The maximum absolute atomic E-state index is 11.9. The molecule has 1 aliphatic rings. The molecule has 8 nitrogen and oxygen atoms in total. The monoisotopic (exact) mass is 341 g/mol. The van der Waals surface area contributed by atoms with Crippen molar-refractivity contribution in [3.63, 3.8) is 0 Å². The molecule has 25 heavy (non-hydrogen) atoms. The number of hydrogen-bond donors (Lipinski definition) is 1. The second-order valence-electron chi connectivity index (χ2n) is 5.22. The van der Waals surface area contributed by atoms with Gasteiger partial charge in [0.2, 0.25) is 12.7 Å². The predicted octanol–water partition coefficient (Wildman–Crippen LogP) is 2.09. The molecule has 0 saturated carbocycles. The van der Waals surface area contributed by atoms with Crippen LogP contribution in [-0.4, -0.2) is 29.2 Å². The molecule has 1 aromatic heterocycles. The molecule has 1 aliphatic heterocycles. The van der Waals surface area contributed by atoms with E-state index in [0.717, 1.165) is 5.69 Å². The molecule has 0 atom stereocenters. The number of ether oxygens (including phenoxy) is 2. The maximum atomic E-state index is 11.9. The van der Waals surface area contributed by atoms with Gasteiger partial charge in [-0.05, 0) is 24.3 Å². The number of benzene rings is 1. The van der Waals surface area contributed by atoms with Gasteiger partial charge in [-0.3, -0.25) is 19.9 Å². The molecule has 1 amide bonds. The minimum atomic E-state index is -0.527. The largest absolute Gasteiger partial charge is 0.454 e. The van der Waals surface area contributed by atoms with Crippen molar-refractivity contribution in [2.24, 2.45) is 0 Å². The second kappa shape index (κ2) is 7.43. The first-order valence-electron chi connectivity index (χ1n) is 7.57. The molecular weight excluding hydrogens is 326 g/mol. The lowest BCUT2D eigenvalue weighted by Gasteiger charge is -2.03. The van der Waals surface area contributed by atoms with Gasteiger partial charge in [0.15, 0.2) is 11.5 Å². The van der Waals surface area contributed by atoms with Crippen LogP contribution in [0.25, 0.3) is 6.08 Å². The van der Waals surface area contributed by atoms with Crippen LogP contribution in [0, 0.1) is 10.1 Å². The number of nitro benzene ring substituents is 1. The van der Waals surface area contributed by atoms with E-state index >= 15 is 0 Å². The number of aromatic nitrogens is 1. The van der Waals surface area contributed by atoms with Crippen molar-refractivity contribution in [2.75, 3.05) is 13.3 Å². The van der Waals surface area contributed by atoms with Crippen LogP contribution in [0.2, 0.25) is 0 Å². The average Bonchev–Trinajstić information content (AvgIpc) is 3.07. The van der Waals surface area contributed by atoms with Crippen molar-refractivity contribution in [1.82, 2.24) is 10.3 Å². The van der Waals surface area contributed by atoms with Crippen LogP contribution in [0.15, 0.2) is 42.6 Å². The van der Waals surface area contributed by atoms with Gasteiger partial charge in [0, 0.05) is 30.9 Å². The van der Waals surface area contributed by atoms with E-state index in [9.17, 15) is 14.9 Å². The number of pyridine rings is 1. The zero-order valence-corrected chi connectivity index (χ0v) is 13.2. The summed E-state index contributed by atoms with van der Waals surface area (Å²) in [4.78, 5) is 26.7. The lowest BCUT2D eigenvalue weighted by atomic mass is 10.1. The van der Waals surface area contributed by atoms with Crippen LogP contribution in [0.3, 0.4) is 0 Å². The highest BCUT2D eigenvalue weighted by Gasteiger charge is 2.22. The molecule has 2 heterocycles. The number of carbonyl (C=O) groups excluding carboxylic acids is 1. The zero-order chi connectivity index (χ0) is 17.6. The second-order valence-corrected chi connectivity index (χ2v) is 5.22. The Kier molecular flexibility index (Phi) is 4.89. The van der Waals surface area contributed by atoms with Gasteiger partial charge in [-0.1, -0.05) is 6.07 Å². The molecule has 1 aromatic carbocycles. The molecule has 0 unspecified atom stereocenters. The standard InChI is InChI=1S/C17H15N3O5/c21-17(19-8-6-13-3-1-2-7-18-13)5-4-12-9-15-16(25-11-24-15)10-14(12)20(22)23/h1-5,7,9-10H,6,8,11H2,(H,19,21)/b5-4+. The van der Waals surface area contributed by atoms with E-state index in [1.165, 1.54) is 24.3 Å². The number of carbonyl (C=O) groups is 1. The van der Waals surface area contributed by atoms with E-state index in [-0.39, 0.29) is 24.0 Å². The molecule has 0 saturated heterocycles. The third kappa shape index (κ3) is 4.11. The van der Waals surface area contributed by atoms with Gasteiger partial charge < -0.3 is 14.8 Å². The summed E-state index contributed by atoms with van der Waals surface area (Å²) in [7, 11) is 0. The van der Waals surface area contributed by atoms with Gasteiger partial charge in [0.25, 0.3) is 5.69 Å². The molecule has 0 bridgehead atoms. The number of rotatable bonds is 6. The quantitative estimate of drug-likeness (QED) is 0.490. The molecule has 0 radical (unpaired) electrons. The third-order valence-electron chi connectivity index (χ3n) is 3.54. The van der Waals surface area contributed by atoms with Gasteiger partial charge in [-0.25, -0.2) is 0 Å². The van der Waals surface area contributed by atoms with Crippen molar-refractivity contribution in [3.8, 4) is 11.5 Å². The normalized spacial score (nSPS) is 12.3. The Morgan fingerprint density at radius 3 is 2.84 bits per heavy atom. The van der Waals surface area contributed by atoms with Crippen LogP contribution < -0.4 is 14.8 Å². The van der Waals surface area contributed by atoms with E-state index < -0.39 is 4.92 Å². The summed E-state index contributed by atoms with van der Waals surface area (Å²) < 4.78 is 10.3. The average molecular weight is 341 g/mol. The third-order valence-corrected chi connectivity index (χ3v) is 3.54. The van der Waals surface area contributed by atoms with Gasteiger partial charge in [0.05, 0.1) is 16.6 Å². The van der Waals surface area contributed by atoms with Crippen LogP contribution in [0.4, 0.5) is 5.69 Å². The van der Waals surface area contributed by atoms with Crippen molar-refractivity contribution in [2.45, 2.75) is 6.42 Å². The topological polar surface area (TPSA) is 104 Å². The lowest BCUT2D eigenvalue weighted by molar-refractivity contribution is -0.385. The molecule has 0 aliphatic carbocycles. The highest BCUT2D eigenvalue weighted by atomic mass is 16.7. The summed E-state index contributed by atoms with van der Waals surface area (Å²) >= 11 is 0. The molecule has 1 N–H and O–H groups in total. The molecule has 0 spiro atoms. The van der Waals surface area contributed by atoms with Crippen LogP contribution in [0.5, 0.6) is 11.5 Å². The molecule has 2 aromatic rings. The predicted molar refractivity (Wildman–Crippen MR) is 89.2 cm³/mol. The Hall–Kier alpha value is -3.42. The summed E-state index contributed by atoms with van der Waals surface area (Å²) in [5, 5.41) is 13.9. The van der Waals surface area contributed by atoms with Gasteiger partial charge in [-0.15, -0.1) is 0 Å². The Morgan fingerprint density at radius 2 is 2.12 bits per heavy atom. The Morgan fingerprint density at radius 1 is 1.32 bits per heavy atom. The number of hydrogen-bond acceptors (Lipinski definition) is 6. The Bertz CT molecular complexity index is 821. The highest BCUT2D eigenvalue weighted by molar-refractivity contribution is 5.92. The summed E-state index contributed by atoms with van der Waals surface area (Å²) in [5.41, 5.74) is 0.995. The van der Waals surface area contributed by atoms with Crippen molar-refractivity contribution < 1.29 is 19.2 Å². The highest BCUT2D eigenvalue weighted by Crippen LogP contribution is 2.38. The maximum Gasteiger partial charge on any atom is 0.280 e. The first-order chi connectivity index (χ1) is 12.1. The Labute approximate surface area is 143 Å². The van der Waals surface area contributed by atoms with E-state index in [2.05, 4.69) is 10.3 Å². The number of nitrogens with zero attached hydrogens (tertiary/aromatic N) is 2. The summed E-state index contributed by atoms with van der Waals surface area (Å²) in [6.45, 7) is 0.442. The lowest BCUT2D eigenvalue weighted by Crippen LogP contribution is -2.23. The van der Waals surface area contributed by atoms with Crippen LogP contribution in [0.1, 0.15) is 11.3 Å². The fourth-order valence-corrected chi connectivity index (χ4v) is 2.32. The van der Waals surface area contributed by atoms with E-state index in [1.807, 2.05) is 18.2 Å². The van der Waals surface area contributed by atoms with Crippen molar-refractivity contribution in [3.05, 3.63) is 64.0 Å². The zero-order valence-electron chi connectivity index (χ0n) is 13.2. The summed E-state index contributed by atoms with van der Waals surface area (Å²) in [6.07, 6.45) is 4.93. The molecular formula is C17H15N3O5. The number of nitro groups is 1. The van der Waals surface area contributed by atoms with E-state index in [1.54, 1.807) is 6.20 Å². The van der Waals surface area contributed by atoms with Gasteiger partial charge in [-0.2, -0.15) is 0 Å². The molecule has 3 rings (SSSR count). The van der Waals surface area contributed by atoms with E-state index in [4.69, 9.17) is 9.47 Å². The van der Waals surface area contributed by atoms with Crippen molar-refractivity contribution >= 4 is 17.7 Å². The van der Waals surface area contributed by atoms with Crippen LogP contribution in [-0.2, 0) is 11.2 Å². The van der Waals surface area contributed by atoms with Gasteiger partial charge in [0.1, 0.15) is 0 Å². The summed E-state index contributed by atoms with van der Waals surface area (Å²) in [6, 6.07) is 8.35. The summed E-state index contributed by atoms with van der Waals surface area (Å²) in [5.74, 6) is 0.396. The number of amides is 1. The minimum Gasteiger partial charge on any atom is -0.454 e. The molecule has 128 valence electrons. The fraction of sp³-hybridized carbons (Fsp3) is 0.176. The molecule has 8 heteroatoms. The fourth-order valence-electron chi connectivity index (χ4n) is 2.32. The number of nitrogens with one attached hydrogen (secondary N) is 1. The smallest absolute Gasteiger partial charge is 0.280 e. The molecule has 0 fully saturated rings. The minimum absolute atomic E-state index is 0.0215. The van der Waals surface area contributed by atoms with Crippen molar-refractivity contribution in [1.29, 1.82) is 0 Å². The van der Waals surface area contributed by atoms with Gasteiger partial charge >= 0.3 is 0 Å².